The molecule has 1 aromatic rings. The molecule has 0 aliphatic rings. The van der Waals surface area contributed by atoms with Crippen molar-refractivity contribution in [1.82, 2.24) is 20.2 Å². The van der Waals surface area contributed by atoms with E-state index >= 15 is 0 Å². The fourth-order valence-corrected chi connectivity index (χ4v) is 1.40. The lowest BCUT2D eigenvalue weighted by molar-refractivity contribution is -0.121. The number of likely N-dealkylation sites (N-methyl/N-ethyl adjacent to an activating group) is 1. The van der Waals surface area contributed by atoms with Crippen molar-refractivity contribution in [3.05, 3.63) is 18.2 Å². The molecule has 0 aliphatic carbocycles. The van der Waals surface area contributed by atoms with Gasteiger partial charge in [0.25, 0.3) is 0 Å². The third-order valence-corrected chi connectivity index (χ3v) is 2.27. The molecule has 0 saturated carbocycles. The van der Waals surface area contributed by atoms with Gasteiger partial charge in [0.1, 0.15) is 12.4 Å². The molecule has 17 heavy (non-hydrogen) atoms. The Labute approximate surface area is 103 Å². The Balaban J connectivity index is 2.57. The highest BCUT2D eigenvalue weighted by Gasteiger charge is 2.12. The summed E-state index contributed by atoms with van der Waals surface area (Å²) in [6, 6.07) is 0. The maximum Gasteiger partial charge on any atom is 0.239 e. The van der Waals surface area contributed by atoms with Crippen molar-refractivity contribution in [2.75, 3.05) is 6.54 Å². The first-order valence-corrected chi connectivity index (χ1v) is 5.94. The largest absolute Gasteiger partial charge is 0.355 e. The molecule has 1 amide bonds. The van der Waals surface area contributed by atoms with Crippen molar-refractivity contribution in [3.63, 3.8) is 0 Å². The number of rotatable bonds is 5. The van der Waals surface area contributed by atoms with E-state index in [2.05, 4.69) is 36.4 Å². The molecule has 0 saturated heterocycles. The van der Waals surface area contributed by atoms with Crippen LogP contribution in [0.15, 0.2) is 12.4 Å². The van der Waals surface area contributed by atoms with E-state index in [4.69, 9.17) is 0 Å². The second kappa shape index (κ2) is 5.82. The second-order valence-corrected chi connectivity index (χ2v) is 5.03. The summed E-state index contributed by atoms with van der Waals surface area (Å²) in [5.41, 5.74) is 0.0441. The molecule has 2 N–H and O–H groups in total. The number of nitrogens with zero attached hydrogens (tertiary/aromatic N) is 2. The molecule has 0 atom stereocenters. The van der Waals surface area contributed by atoms with Crippen LogP contribution in [0.4, 0.5) is 0 Å². The number of carbonyl (C=O) groups excluding carboxylic acids is 1. The van der Waals surface area contributed by atoms with Gasteiger partial charge in [-0.2, -0.15) is 0 Å². The Morgan fingerprint density at radius 2 is 2.18 bits per heavy atom. The number of hydrogen-bond donors (Lipinski definition) is 2. The summed E-state index contributed by atoms with van der Waals surface area (Å²) >= 11 is 0. The van der Waals surface area contributed by atoms with E-state index in [1.165, 1.54) is 0 Å². The number of carbonyl (C=O) groups is 1. The zero-order chi connectivity index (χ0) is 12.9. The van der Waals surface area contributed by atoms with E-state index in [0.29, 0.717) is 19.6 Å². The average molecular weight is 238 g/mol. The molecule has 0 aliphatic heterocycles. The van der Waals surface area contributed by atoms with Crippen molar-refractivity contribution in [3.8, 4) is 0 Å². The summed E-state index contributed by atoms with van der Waals surface area (Å²) in [6.07, 6.45) is 3.55. The summed E-state index contributed by atoms with van der Waals surface area (Å²) in [4.78, 5) is 15.7. The highest BCUT2D eigenvalue weighted by Crippen LogP contribution is 2.03. The topological polar surface area (TPSA) is 59.0 Å². The van der Waals surface area contributed by atoms with Gasteiger partial charge in [0.15, 0.2) is 0 Å². The van der Waals surface area contributed by atoms with Gasteiger partial charge in [-0.1, -0.05) is 0 Å². The van der Waals surface area contributed by atoms with Gasteiger partial charge in [0, 0.05) is 24.5 Å². The van der Waals surface area contributed by atoms with E-state index < -0.39 is 0 Å². The van der Waals surface area contributed by atoms with Crippen LogP contribution in [-0.4, -0.2) is 27.5 Å². The quantitative estimate of drug-likeness (QED) is 0.801. The van der Waals surface area contributed by atoms with Crippen LogP contribution in [0.5, 0.6) is 0 Å². The van der Waals surface area contributed by atoms with Gasteiger partial charge in [-0.3, -0.25) is 4.79 Å². The predicted molar refractivity (Wildman–Crippen MR) is 67.5 cm³/mol. The number of hydrogen-bond acceptors (Lipinski definition) is 3. The zero-order valence-electron chi connectivity index (χ0n) is 11.1. The fraction of sp³-hybridized carbons (Fsp3) is 0.667. The summed E-state index contributed by atoms with van der Waals surface area (Å²) in [5, 5.41) is 6.13. The van der Waals surface area contributed by atoms with Gasteiger partial charge in [-0.25, -0.2) is 4.98 Å². The smallest absolute Gasteiger partial charge is 0.239 e. The van der Waals surface area contributed by atoms with Crippen LogP contribution in [0.3, 0.4) is 0 Å². The SMILES string of the molecule is CCNC(=O)Cn1ccnc1CNC(C)(C)C. The van der Waals surface area contributed by atoms with Gasteiger partial charge in [-0.15, -0.1) is 0 Å². The zero-order valence-corrected chi connectivity index (χ0v) is 11.1. The Bertz CT molecular complexity index is 365. The van der Waals surface area contributed by atoms with Crippen LogP contribution in [0, 0.1) is 0 Å². The van der Waals surface area contributed by atoms with Crippen LogP contribution in [0.1, 0.15) is 33.5 Å². The molecule has 0 radical (unpaired) electrons. The third kappa shape index (κ3) is 4.99. The van der Waals surface area contributed by atoms with Gasteiger partial charge >= 0.3 is 0 Å². The van der Waals surface area contributed by atoms with Gasteiger partial charge in [-0.05, 0) is 27.7 Å². The standard InChI is InChI=1S/C12H22N4O/c1-5-13-11(17)9-16-7-6-14-10(16)8-15-12(2,3)4/h6-7,15H,5,8-9H2,1-4H3,(H,13,17). The molecule has 1 aromatic heterocycles. The Hall–Kier alpha value is -1.36. The predicted octanol–water partition coefficient (Wildman–Crippen LogP) is 0.907. The summed E-state index contributed by atoms with van der Waals surface area (Å²) < 4.78 is 1.86. The minimum absolute atomic E-state index is 0.0162. The van der Waals surface area contributed by atoms with E-state index in [0.717, 1.165) is 5.82 Å². The molecule has 0 spiro atoms. The van der Waals surface area contributed by atoms with Crippen LogP contribution in [0.2, 0.25) is 0 Å². The van der Waals surface area contributed by atoms with Gasteiger partial charge < -0.3 is 15.2 Å². The highest BCUT2D eigenvalue weighted by atomic mass is 16.1. The number of nitrogens with one attached hydrogen (secondary N) is 2. The number of aromatic nitrogens is 2. The van der Waals surface area contributed by atoms with Crippen molar-refractivity contribution in [2.24, 2.45) is 0 Å². The number of imidazole rings is 1. The Morgan fingerprint density at radius 1 is 1.47 bits per heavy atom. The fourth-order valence-electron chi connectivity index (χ4n) is 1.40. The second-order valence-electron chi connectivity index (χ2n) is 5.03. The molecule has 0 unspecified atom stereocenters. The minimum atomic E-state index is 0.0162. The molecular weight excluding hydrogens is 216 g/mol. The molecule has 96 valence electrons. The monoisotopic (exact) mass is 238 g/mol. The summed E-state index contributed by atoms with van der Waals surface area (Å²) in [5.74, 6) is 0.897. The van der Waals surface area contributed by atoms with Crippen molar-refractivity contribution >= 4 is 5.91 Å². The lowest BCUT2D eigenvalue weighted by Gasteiger charge is -2.20. The first-order chi connectivity index (χ1) is 7.92. The minimum Gasteiger partial charge on any atom is -0.355 e. The molecule has 0 bridgehead atoms. The molecule has 5 heteroatoms. The normalized spacial score (nSPS) is 11.5. The summed E-state index contributed by atoms with van der Waals surface area (Å²) in [6.45, 7) is 9.86. The maximum absolute atomic E-state index is 11.5. The van der Waals surface area contributed by atoms with E-state index in [1.807, 2.05) is 17.7 Å². The first-order valence-electron chi connectivity index (χ1n) is 5.94. The Kier molecular flexibility index (Phi) is 4.69. The van der Waals surface area contributed by atoms with E-state index in [-0.39, 0.29) is 11.4 Å². The molecule has 0 aromatic carbocycles. The molecule has 1 heterocycles. The first kappa shape index (κ1) is 13.7. The lowest BCUT2D eigenvalue weighted by Crippen LogP contribution is -2.36. The summed E-state index contributed by atoms with van der Waals surface area (Å²) in [7, 11) is 0. The average Bonchev–Trinajstić information content (AvgIpc) is 2.61. The van der Waals surface area contributed by atoms with E-state index in [1.54, 1.807) is 6.20 Å². The van der Waals surface area contributed by atoms with Crippen molar-refractivity contribution < 1.29 is 4.79 Å². The maximum atomic E-state index is 11.5. The molecule has 5 nitrogen and oxygen atoms in total. The van der Waals surface area contributed by atoms with E-state index in [9.17, 15) is 4.79 Å². The van der Waals surface area contributed by atoms with Crippen LogP contribution in [-0.2, 0) is 17.9 Å². The van der Waals surface area contributed by atoms with Crippen LogP contribution < -0.4 is 10.6 Å². The molecule has 1 rings (SSSR count). The molecular formula is C12H22N4O. The molecule has 0 fully saturated rings. The number of amides is 1. The van der Waals surface area contributed by atoms with Crippen LogP contribution in [0.25, 0.3) is 0 Å². The van der Waals surface area contributed by atoms with Crippen LogP contribution >= 0.6 is 0 Å². The van der Waals surface area contributed by atoms with Gasteiger partial charge in [0.2, 0.25) is 5.91 Å². The van der Waals surface area contributed by atoms with Crippen molar-refractivity contribution in [1.29, 1.82) is 0 Å². The lowest BCUT2D eigenvalue weighted by atomic mass is 10.1. The Morgan fingerprint density at radius 3 is 2.76 bits per heavy atom. The van der Waals surface area contributed by atoms with Gasteiger partial charge in [0.05, 0.1) is 6.54 Å². The highest BCUT2D eigenvalue weighted by molar-refractivity contribution is 5.75. The van der Waals surface area contributed by atoms with Crippen molar-refractivity contribution in [2.45, 2.75) is 46.3 Å². The third-order valence-electron chi connectivity index (χ3n) is 2.27.